The molecule has 1 rings (SSSR count). The van der Waals surface area contributed by atoms with Crippen molar-refractivity contribution in [2.45, 2.75) is 52.2 Å². The van der Waals surface area contributed by atoms with Crippen LogP contribution in [0, 0.1) is 0 Å². The minimum absolute atomic E-state index is 0.245. The van der Waals surface area contributed by atoms with Gasteiger partial charge in [0.05, 0.1) is 18.1 Å². The van der Waals surface area contributed by atoms with Gasteiger partial charge in [0.15, 0.2) is 0 Å². The Morgan fingerprint density at radius 3 is 2.53 bits per heavy atom. The quantitative estimate of drug-likeness (QED) is 0.826. The van der Waals surface area contributed by atoms with E-state index >= 15 is 0 Å². The Balaban J connectivity index is 2.97. The fourth-order valence-electron chi connectivity index (χ4n) is 2.10. The summed E-state index contributed by atoms with van der Waals surface area (Å²) in [4.78, 5) is 6.60. The number of likely N-dealkylation sites (N-methyl/N-ethyl adjacent to an activating group) is 1. The number of nitrogens with zero attached hydrogens (tertiary/aromatic N) is 3. The summed E-state index contributed by atoms with van der Waals surface area (Å²) in [6.45, 7) is 9.40. The lowest BCUT2D eigenvalue weighted by Crippen LogP contribution is -2.37. The standard InChI is InChI=1S/C13H26N4/c1-6-11(4)16(5)12(7-14)13-8-15-9-17(13)10(2)3/h8-12H,6-7,14H2,1-5H3. The average molecular weight is 238 g/mol. The van der Waals surface area contributed by atoms with Crippen molar-refractivity contribution in [1.82, 2.24) is 14.5 Å². The van der Waals surface area contributed by atoms with Crippen LogP contribution in [-0.4, -0.2) is 34.1 Å². The minimum Gasteiger partial charge on any atom is -0.331 e. The topological polar surface area (TPSA) is 47.1 Å². The van der Waals surface area contributed by atoms with E-state index < -0.39 is 0 Å². The zero-order valence-corrected chi connectivity index (χ0v) is 11.7. The summed E-state index contributed by atoms with van der Waals surface area (Å²) in [5.41, 5.74) is 7.16. The lowest BCUT2D eigenvalue weighted by molar-refractivity contribution is 0.177. The Bertz CT molecular complexity index is 332. The van der Waals surface area contributed by atoms with E-state index in [1.54, 1.807) is 0 Å². The maximum Gasteiger partial charge on any atom is 0.0951 e. The van der Waals surface area contributed by atoms with E-state index in [2.05, 4.69) is 49.2 Å². The van der Waals surface area contributed by atoms with Crippen LogP contribution in [0.4, 0.5) is 0 Å². The minimum atomic E-state index is 0.245. The van der Waals surface area contributed by atoms with Gasteiger partial charge >= 0.3 is 0 Å². The Labute approximate surface area is 105 Å². The molecule has 0 aliphatic rings. The van der Waals surface area contributed by atoms with Gasteiger partial charge in [-0.15, -0.1) is 0 Å². The molecule has 0 amide bonds. The van der Waals surface area contributed by atoms with Crippen molar-refractivity contribution >= 4 is 0 Å². The van der Waals surface area contributed by atoms with Crippen LogP contribution in [0.5, 0.6) is 0 Å². The zero-order valence-electron chi connectivity index (χ0n) is 11.7. The predicted octanol–water partition coefficient (Wildman–Crippen LogP) is 2.19. The second kappa shape index (κ2) is 6.17. The number of rotatable bonds is 6. The SMILES string of the molecule is CCC(C)N(C)C(CN)c1cncn1C(C)C. The van der Waals surface area contributed by atoms with Gasteiger partial charge in [-0.05, 0) is 34.2 Å². The van der Waals surface area contributed by atoms with E-state index in [1.807, 2.05) is 12.5 Å². The fourth-order valence-corrected chi connectivity index (χ4v) is 2.10. The maximum atomic E-state index is 5.94. The van der Waals surface area contributed by atoms with E-state index in [0.717, 1.165) is 6.42 Å². The van der Waals surface area contributed by atoms with Crippen molar-refractivity contribution < 1.29 is 0 Å². The summed E-state index contributed by atoms with van der Waals surface area (Å²) < 4.78 is 2.20. The highest BCUT2D eigenvalue weighted by molar-refractivity contribution is 5.07. The largest absolute Gasteiger partial charge is 0.331 e. The summed E-state index contributed by atoms with van der Waals surface area (Å²) in [5.74, 6) is 0. The molecule has 0 radical (unpaired) electrons. The summed E-state index contributed by atoms with van der Waals surface area (Å²) in [7, 11) is 2.14. The van der Waals surface area contributed by atoms with Crippen molar-refractivity contribution in [2.24, 2.45) is 5.73 Å². The first kappa shape index (κ1) is 14.2. The zero-order chi connectivity index (χ0) is 13.0. The van der Waals surface area contributed by atoms with Crippen LogP contribution in [0.3, 0.4) is 0 Å². The Morgan fingerprint density at radius 1 is 1.41 bits per heavy atom. The molecule has 4 nitrogen and oxygen atoms in total. The van der Waals surface area contributed by atoms with Crippen LogP contribution >= 0.6 is 0 Å². The molecule has 0 saturated carbocycles. The van der Waals surface area contributed by atoms with Crippen LogP contribution in [0.1, 0.15) is 51.9 Å². The van der Waals surface area contributed by atoms with Crippen LogP contribution in [-0.2, 0) is 0 Å². The van der Waals surface area contributed by atoms with E-state index in [9.17, 15) is 0 Å². The molecular weight excluding hydrogens is 212 g/mol. The van der Waals surface area contributed by atoms with Gasteiger partial charge in [0.1, 0.15) is 0 Å². The second-order valence-electron chi connectivity index (χ2n) is 4.99. The highest BCUT2D eigenvalue weighted by Crippen LogP contribution is 2.23. The molecule has 0 bridgehead atoms. The van der Waals surface area contributed by atoms with Crippen molar-refractivity contribution in [3.63, 3.8) is 0 Å². The van der Waals surface area contributed by atoms with Crippen LogP contribution in [0.2, 0.25) is 0 Å². The highest BCUT2D eigenvalue weighted by atomic mass is 15.2. The number of aromatic nitrogens is 2. The van der Waals surface area contributed by atoms with E-state index in [-0.39, 0.29) is 6.04 Å². The third-order valence-corrected chi connectivity index (χ3v) is 3.59. The lowest BCUT2D eigenvalue weighted by atomic mass is 10.1. The van der Waals surface area contributed by atoms with Gasteiger partial charge in [0, 0.05) is 24.8 Å². The number of hydrogen-bond donors (Lipinski definition) is 1. The van der Waals surface area contributed by atoms with Crippen molar-refractivity contribution in [2.75, 3.05) is 13.6 Å². The third-order valence-electron chi connectivity index (χ3n) is 3.59. The van der Waals surface area contributed by atoms with Crippen molar-refractivity contribution in [3.05, 3.63) is 18.2 Å². The monoisotopic (exact) mass is 238 g/mol. The molecule has 2 atom stereocenters. The molecule has 0 fully saturated rings. The Morgan fingerprint density at radius 2 is 2.06 bits per heavy atom. The number of imidazole rings is 1. The molecule has 0 spiro atoms. The van der Waals surface area contributed by atoms with Gasteiger partial charge in [0.25, 0.3) is 0 Å². The van der Waals surface area contributed by atoms with E-state index in [4.69, 9.17) is 5.73 Å². The first-order chi connectivity index (χ1) is 8.02. The number of nitrogens with two attached hydrogens (primary N) is 1. The molecule has 1 heterocycles. The molecule has 0 aliphatic heterocycles. The fraction of sp³-hybridized carbons (Fsp3) is 0.769. The molecule has 0 aromatic carbocycles. The molecule has 0 aliphatic carbocycles. The molecule has 1 aromatic rings. The first-order valence-electron chi connectivity index (χ1n) is 6.46. The van der Waals surface area contributed by atoms with Crippen LogP contribution in [0.15, 0.2) is 12.5 Å². The molecule has 1 aromatic heterocycles. The first-order valence-corrected chi connectivity index (χ1v) is 6.46. The lowest BCUT2D eigenvalue weighted by Gasteiger charge is -2.33. The van der Waals surface area contributed by atoms with Gasteiger partial charge in [-0.2, -0.15) is 0 Å². The molecule has 2 N–H and O–H groups in total. The predicted molar refractivity (Wildman–Crippen MR) is 71.9 cm³/mol. The maximum absolute atomic E-state index is 5.94. The van der Waals surface area contributed by atoms with Gasteiger partial charge in [-0.1, -0.05) is 6.92 Å². The number of hydrogen-bond acceptors (Lipinski definition) is 3. The summed E-state index contributed by atoms with van der Waals surface area (Å²) in [6, 6.07) is 1.20. The molecule has 17 heavy (non-hydrogen) atoms. The van der Waals surface area contributed by atoms with Crippen molar-refractivity contribution in [1.29, 1.82) is 0 Å². The second-order valence-corrected chi connectivity index (χ2v) is 4.99. The van der Waals surface area contributed by atoms with Crippen LogP contribution in [0.25, 0.3) is 0 Å². The van der Waals surface area contributed by atoms with Gasteiger partial charge in [-0.3, -0.25) is 4.90 Å². The average Bonchev–Trinajstić information content (AvgIpc) is 2.78. The third kappa shape index (κ3) is 3.07. The Hall–Kier alpha value is -0.870. The van der Waals surface area contributed by atoms with E-state index in [1.165, 1.54) is 5.69 Å². The normalized spacial score (nSPS) is 15.5. The summed E-state index contributed by atoms with van der Waals surface area (Å²) >= 11 is 0. The Kier molecular flexibility index (Phi) is 5.15. The molecule has 0 saturated heterocycles. The molecule has 98 valence electrons. The van der Waals surface area contributed by atoms with Crippen molar-refractivity contribution in [3.8, 4) is 0 Å². The summed E-state index contributed by atoms with van der Waals surface area (Å²) in [5, 5.41) is 0. The van der Waals surface area contributed by atoms with Gasteiger partial charge in [0.2, 0.25) is 0 Å². The van der Waals surface area contributed by atoms with E-state index in [0.29, 0.717) is 18.6 Å². The smallest absolute Gasteiger partial charge is 0.0951 e. The van der Waals surface area contributed by atoms with Gasteiger partial charge in [-0.25, -0.2) is 4.98 Å². The summed E-state index contributed by atoms with van der Waals surface area (Å²) in [6.07, 6.45) is 4.96. The molecule has 2 unspecified atom stereocenters. The van der Waals surface area contributed by atoms with Gasteiger partial charge < -0.3 is 10.3 Å². The highest BCUT2D eigenvalue weighted by Gasteiger charge is 2.22. The van der Waals surface area contributed by atoms with Crippen LogP contribution < -0.4 is 5.73 Å². The molecular formula is C13H26N4. The molecule has 4 heteroatoms.